The van der Waals surface area contributed by atoms with Crippen molar-refractivity contribution in [3.63, 3.8) is 0 Å². The van der Waals surface area contributed by atoms with Gasteiger partial charge in [0.1, 0.15) is 17.2 Å². The van der Waals surface area contributed by atoms with Crippen LogP contribution in [-0.4, -0.2) is 62.2 Å². The molecule has 156 valence electrons. The molecule has 1 fully saturated rings. The first-order valence-electron chi connectivity index (χ1n) is 9.64. The number of methoxy groups -OCH3 is 2. The highest BCUT2D eigenvalue weighted by Crippen LogP contribution is 2.26. The van der Waals surface area contributed by atoms with Crippen LogP contribution in [-0.2, 0) is 13.1 Å². The lowest BCUT2D eigenvalue weighted by Crippen LogP contribution is -2.45. The molecular formula is C21H28N4O4. The fourth-order valence-corrected chi connectivity index (χ4v) is 3.62. The minimum atomic E-state index is -0.338. The second-order valence-electron chi connectivity index (χ2n) is 7.13. The van der Waals surface area contributed by atoms with Gasteiger partial charge < -0.3 is 14.8 Å². The first-order valence-corrected chi connectivity index (χ1v) is 9.64. The van der Waals surface area contributed by atoms with E-state index >= 15 is 0 Å². The molecule has 0 spiro atoms. The number of hydrogen-bond donors (Lipinski definition) is 1. The monoisotopic (exact) mass is 400 g/mol. The van der Waals surface area contributed by atoms with Gasteiger partial charge in [0.15, 0.2) is 0 Å². The number of rotatable bonds is 8. The molecule has 1 N–H and O–H groups in total. The fraction of sp³-hybridized carbons (Fsp3) is 0.429. The van der Waals surface area contributed by atoms with E-state index in [-0.39, 0.29) is 10.6 Å². The Morgan fingerprint density at radius 1 is 0.931 bits per heavy atom. The number of anilines is 1. The number of hydrogen-bond acceptors (Lipinski definition) is 7. The molecule has 0 bridgehead atoms. The Hall–Kier alpha value is -2.84. The van der Waals surface area contributed by atoms with E-state index in [0.717, 1.165) is 55.3 Å². The van der Waals surface area contributed by atoms with Crippen molar-refractivity contribution >= 4 is 11.4 Å². The number of piperazine rings is 1. The Morgan fingerprint density at radius 3 is 1.97 bits per heavy atom. The van der Waals surface area contributed by atoms with Crippen molar-refractivity contribution in [2.24, 2.45) is 0 Å². The Balaban J connectivity index is 1.57. The Morgan fingerprint density at radius 2 is 1.48 bits per heavy atom. The summed E-state index contributed by atoms with van der Waals surface area (Å²) >= 11 is 0. The van der Waals surface area contributed by atoms with Gasteiger partial charge in [-0.05, 0) is 29.3 Å². The molecule has 0 atom stereocenters. The van der Waals surface area contributed by atoms with Gasteiger partial charge in [-0.3, -0.25) is 19.9 Å². The smallest absolute Gasteiger partial charge is 0.292 e. The van der Waals surface area contributed by atoms with Crippen LogP contribution in [0.15, 0.2) is 36.4 Å². The molecule has 3 rings (SSSR count). The second-order valence-corrected chi connectivity index (χ2v) is 7.13. The summed E-state index contributed by atoms with van der Waals surface area (Å²) in [5, 5.41) is 14.1. The summed E-state index contributed by atoms with van der Waals surface area (Å²) < 4.78 is 10.7. The Bertz CT molecular complexity index is 828. The lowest BCUT2D eigenvalue weighted by Gasteiger charge is -2.34. The first-order chi connectivity index (χ1) is 14.0. The van der Waals surface area contributed by atoms with Crippen molar-refractivity contribution in [2.45, 2.75) is 13.1 Å². The highest BCUT2D eigenvalue weighted by atomic mass is 16.6. The van der Waals surface area contributed by atoms with Crippen LogP contribution < -0.4 is 14.8 Å². The molecule has 0 aromatic heterocycles. The van der Waals surface area contributed by atoms with Crippen molar-refractivity contribution in [3.05, 3.63) is 57.6 Å². The highest BCUT2D eigenvalue weighted by Gasteiger charge is 2.19. The molecule has 8 heteroatoms. The summed E-state index contributed by atoms with van der Waals surface area (Å²) in [7, 11) is 5.01. The zero-order chi connectivity index (χ0) is 20.8. The van der Waals surface area contributed by atoms with Gasteiger partial charge in [-0.2, -0.15) is 0 Å². The number of benzene rings is 2. The van der Waals surface area contributed by atoms with Gasteiger partial charge in [-0.15, -0.1) is 0 Å². The number of ether oxygens (including phenoxy) is 2. The quantitative estimate of drug-likeness (QED) is 0.539. The van der Waals surface area contributed by atoms with Gasteiger partial charge in [-0.25, -0.2) is 0 Å². The molecule has 1 saturated heterocycles. The molecule has 0 amide bonds. The highest BCUT2D eigenvalue weighted by molar-refractivity contribution is 5.62. The van der Waals surface area contributed by atoms with E-state index in [0.29, 0.717) is 12.2 Å². The molecule has 1 aliphatic heterocycles. The maximum atomic E-state index is 11.3. The molecule has 0 unspecified atom stereocenters. The van der Waals surface area contributed by atoms with E-state index in [9.17, 15) is 10.1 Å². The predicted molar refractivity (Wildman–Crippen MR) is 113 cm³/mol. The average molecular weight is 400 g/mol. The minimum absolute atomic E-state index is 0.121. The van der Waals surface area contributed by atoms with E-state index in [2.05, 4.69) is 15.1 Å². The van der Waals surface area contributed by atoms with E-state index in [4.69, 9.17) is 9.47 Å². The summed E-state index contributed by atoms with van der Waals surface area (Å²) in [4.78, 5) is 15.7. The van der Waals surface area contributed by atoms with E-state index in [1.165, 1.54) is 0 Å². The summed E-state index contributed by atoms with van der Waals surface area (Å²) in [6.07, 6.45) is 0. The lowest BCUT2D eigenvalue weighted by atomic mass is 10.1. The minimum Gasteiger partial charge on any atom is -0.497 e. The number of nitrogens with one attached hydrogen (secondary N) is 1. The molecule has 0 radical (unpaired) electrons. The summed E-state index contributed by atoms with van der Waals surface area (Å²) in [5.74, 6) is 1.59. The molecule has 29 heavy (non-hydrogen) atoms. The normalized spacial score (nSPS) is 15.1. The topological polar surface area (TPSA) is 80.1 Å². The van der Waals surface area contributed by atoms with Crippen molar-refractivity contribution < 1.29 is 14.4 Å². The van der Waals surface area contributed by atoms with Crippen LogP contribution in [0, 0.1) is 10.1 Å². The molecule has 2 aromatic carbocycles. The van der Waals surface area contributed by atoms with E-state index in [1.54, 1.807) is 33.4 Å². The van der Waals surface area contributed by atoms with Crippen LogP contribution in [0.3, 0.4) is 0 Å². The maximum absolute atomic E-state index is 11.3. The number of nitro benzene ring substituents is 1. The van der Waals surface area contributed by atoms with Gasteiger partial charge in [0, 0.05) is 58.4 Å². The SMILES string of the molecule is CNc1ccc(CN2CCN(Cc3cc(OC)cc(OC)c3)CC2)cc1[N+](=O)[O-]. The molecule has 8 nitrogen and oxygen atoms in total. The molecule has 1 heterocycles. The predicted octanol–water partition coefficient (Wildman–Crippen LogP) is 2.97. The fourth-order valence-electron chi connectivity index (χ4n) is 3.62. The third-order valence-corrected chi connectivity index (χ3v) is 5.22. The third-order valence-electron chi connectivity index (χ3n) is 5.22. The van der Waals surface area contributed by atoms with Crippen LogP contribution in [0.1, 0.15) is 11.1 Å². The van der Waals surface area contributed by atoms with Gasteiger partial charge in [-0.1, -0.05) is 6.07 Å². The molecule has 2 aromatic rings. The summed E-state index contributed by atoms with van der Waals surface area (Å²) in [6, 6.07) is 11.4. The van der Waals surface area contributed by atoms with Crippen LogP contribution >= 0.6 is 0 Å². The van der Waals surface area contributed by atoms with E-state index < -0.39 is 0 Å². The third kappa shape index (κ3) is 5.36. The average Bonchev–Trinajstić information content (AvgIpc) is 2.74. The second kappa shape index (κ2) is 9.58. The van der Waals surface area contributed by atoms with E-state index in [1.807, 2.05) is 24.3 Å². The standard InChI is InChI=1S/C21H28N4O4/c1-22-20-5-4-16(12-21(20)25(26)27)14-23-6-8-24(9-7-23)15-17-10-18(28-2)13-19(11-17)29-3/h4-5,10-13,22H,6-9,14-15H2,1-3H3. The van der Waals surface area contributed by atoms with Crippen LogP contribution in [0.2, 0.25) is 0 Å². The van der Waals surface area contributed by atoms with Gasteiger partial charge >= 0.3 is 0 Å². The largest absolute Gasteiger partial charge is 0.497 e. The lowest BCUT2D eigenvalue weighted by molar-refractivity contribution is -0.384. The van der Waals surface area contributed by atoms with Crippen molar-refractivity contribution in [1.82, 2.24) is 9.80 Å². The summed E-state index contributed by atoms with van der Waals surface area (Å²) in [6.45, 7) is 5.27. The maximum Gasteiger partial charge on any atom is 0.292 e. The molecule has 0 saturated carbocycles. The zero-order valence-electron chi connectivity index (χ0n) is 17.2. The molecule has 0 aliphatic carbocycles. The summed E-state index contributed by atoms with van der Waals surface area (Å²) in [5.41, 5.74) is 2.78. The molecule has 1 aliphatic rings. The molecular weight excluding hydrogens is 372 g/mol. The van der Waals surface area contributed by atoms with Crippen LogP contribution in [0.5, 0.6) is 11.5 Å². The van der Waals surface area contributed by atoms with Crippen LogP contribution in [0.4, 0.5) is 11.4 Å². The van der Waals surface area contributed by atoms with Gasteiger partial charge in [0.25, 0.3) is 5.69 Å². The van der Waals surface area contributed by atoms with Crippen molar-refractivity contribution in [3.8, 4) is 11.5 Å². The Kier molecular flexibility index (Phi) is 6.90. The van der Waals surface area contributed by atoms with Crippen molar-refractivity contribution in [2.75, 3.05) is 52.8 Å². The Labute approximate surface area is 171 Å². The number of nitrogens with zero attached hydrogens (tertiary/aromatic N) is 3. The zero-order valence-corrected chi connectivity index (χ0v) is 17.2. The van der Waals surface area contributed by atoms with Gasteiger partial charge in [0.2, 0.25) is 0 Å². The van der Waals surface area contributed by atoms with Crippen LogP contribution in [0.25, 0.3) is 0 Å². The number of nitro groups is 1. The first kappa shape index (κ1) is 20.9. The van der Waals surface area contributed by atoms with Crippen molar-refractivity contribution in [1.29, 1.82) is 0 Å². The van der Waals surface area contributed by atoms with Gasteiger partial charge in [0.05, 0.1) is 19.1 Å².